The van der Waals surface area contributed by atoms with Crippen molar-refractivity contribution in [2.75, 3.05) is 24.7 Å². The van der Waals surface area contributed by atoms with Gasteiger partial charge < -0.3 is 10.1 Å². The van der Waals surface area contributed by atoms with E-state index in [4.69, 9.17) is 4.74 Å². The van der Waals surface area contributed by atoms with E-state index in [9.17, 15) is 0 Å². The third-order valence-corrected chi connectivity index (χ3v) is 4.28. The summed E-state index contributed by atoms with van der Waals surface area (Å²) < 4.78 is 5.70. The van der Waals surface area contributed by atoms with Gasteiger partial charge in [0.05, 0.1) is 6.10 Å². The minimum absolute atomic E-state index is 0.496. The van der Waals surface area contributed by atoms with Gasteiger partial charge in [0.2, 0.25) is 0 Å². The molecular formula is C11H21NOS. The molecule has 0 radical (unpaired) electrons. The van der Waals surface area contributed by atoms with Gasteiger partial charge in [0.1, 0.15) is 0 Å². The summed E-state index contributed by atoms with van der Waals surface area (Å²) in [7, 11) is 0. The minimum atomic E-state index is 0.496. The predicted molar refractivity (Wildman–Crippen MR) is 61.9 cm³/mol. The van der Waals surface area contributed by atoms with Gasteiger partial charge in [0.15, 0.2) is 0 Å². The van der Waals surface area contributed by atoms with Crippen molar-refractivity contribution in [2.24, 2.45) is 0 Å². The maximum absolute atomic E-state index is 5.70. The summed E-state index contributed by atoms with van der Waals surface area (Å²) in [6.07, 6.45) is 7.11. The summed E-state index contributed by atoms with van der Waals surface area (Å²) in [5.41, 5.74) is 0. The van der Waals surface area contributed by atoms with E-state index < -0.39 is 0 Å². The molecule has 2 aliphatic heterocycles. The average Bonchev–Trinajstić information content (AvgIpc) is 2.29. The van der Waals surface area contributed by atoms with E-state index in [2.05, 4.69) is 17.1 Å². The second-order valence-electron chi connectivity index (χ2n) is 4.31. The fourth-order valence-corrected chi connectivity index (χ4v) is 3.27. The molecule has 14 heavy (non-hydrogen) atoms. The summed E-state index contributed by atoms with van der Waals surface area (Å²) in [6.45, 7) is 2.05. The van der Waals surface area contributed by atoms with E-state index in [0.29, 0.717) is 6.10 Å². The van der Waals surface area contributed by atoms with Crippen LogP contribution >= 0.6 is 11.8 Å². The molecule has 3 heteroatoms. The normalized spacial score (nSPS) is 34.3. The number of hydrogen-bond donors (Lipinski definition) is 1. The zero-order valence-corrected chi connectivity index (χ0v) is 9.65. The molecule has 2 unspecified atom stereocenters. The number of rotatable bonds is 3. The number of nitrogens with one attached hydrogen (secondary N) is 1. The molecule has 0 aromatic rings. The van der Waals surface area contributed by atoms with Crippen LogP contribution in [0.5, 0.6) is 0 Å². The van der Waals surface area contributed by atoms with E-state index in [0.717, 1.165) is 19.2 Å². The van der Waals surface area contributed by atoms with Gasteiger partial charge in [-0.15, -0.1) is 0 Å². The first kappa shape index (κ1) is 10.8. The number of thioether (sulfide) groups is 1. The lowest BCUT2D eigenvalue weighted by Gasteiger charge is -2.27. The predicted octanol–water partition coefficient (Wildman–Crippen LogP) is 2.04. The van der Waals surface area contributed by atoms with Crippen LogP contribution in [0.4, 0.5) is 0 Å². The fourth-order valence-electron chi connectivity index (χ4n) is 2.17. The van der Waals surface area contributed by atoms with Crippen molar-refractivity contribution >= 4 is 11.8 Å². The van der Waals surface area contributed by atoms with E-state index in [1.807, 2.05) is 0 Å². The third kappa shape index (κ3) is 3.44. The van der Waals surface area contributed by atoms with Crippen LogP contribution in [0.3, 0.4) is 0 Å². The highest BCUT2D eigenvalue weighted by Crippen LogP contribution is 2.18. The Labute approximate surface area is 91.2 Å². The van der Waals surface area contributed by atoms with Gasteiger partial charge in [0.25, 0.3) is 0 Å². The van der Waals surface area contributed by atoms with Crippen LogP contribution in [-0.2, 0) is 4.74 Å². The Hall–Kier alpha value is 0.270. The van der Waals surface area contributed by atoms with Gasteiger partial charge >= 0.3 is 0 Å². The standard InChI is InChI=1S/C11H21NOS/c1-2-6-13-11(5-1)8-12-10-4-3-7-14-9-10/h10-12H,1-9H2. The maximum atomic E-state index is 5.70. The van der Waals surface area contributed by atoms with Crippen LogP contribution in [0.1, 0.15) is 32.1 Å². The second kappa shape index (κ2) is 5.99. The average molecular weight is 215 g/mol. The summed E-state index contributed by atoms with van der Waals surface area (Å²) in [5, 5.41) is 3.65. The van der Waals surface area contributed by atoms with Crippen LogP contribution in [0, 0.1) is 0 Å². The molecule has 2 fully saturated rings. The van der Waals surface area contributed by atoms with Crippen molar-refractivity contribution in [3.63, 3.8) is 0 Å². The zero-order chi connectivity index (χ0) is 9.64. The Morgan fingerprint density at radius 1 is 1.21 bits per heavy atom. The Balaban J connectivity index is 1.60. The Kier molecular flexibility index (Phi) is 4.61. The largest absolute Gasteiger partial charge is 0.377 e. The molecule has 2 saturated heterocycles. The van der Waals surface area contributed by atoms with Gasteiger partial charge in [0, 0.05) is 24.9 Å². The molecule has 0 saturated carbocycles. The van der Waals surface area contributed by atoms with Crippen LogP contribution in [0.2, 0.25) is 0 Å². The molecule has 0 spiro atoms. The first-order valence-electron chi connectivity index (χ1n) is 5.88. The highest BCUT2D eigenvalue weighted by Gasteiger charge is 2.17. The highest BCUT2D eigenvalue weighted by molar-refractivity contribution is 7.99. The molecule has 2 heterocycles. The smallest absolute Gasteiger partial charge is 0.0699 e. The Bertz CT molecular complexity index is 135. The van der Waals surface area contributed by atoms with Crippen LogP contribution in [-0.4, -0.2) is 36.8 Å². The lowest BCUT2D eigenvalue weighted by Crippen LogP contribution is -2.40. The lowest BCUT2D eigenvalue weighted by molar-refractivity contribution is 0.0155. The summed E-state index contributed by atoms with van der Waals surface area (Å²) >= 11 is 2.09. The first-order valence-corrected chi connectivity index (χ1v) is 7.03. The SMILES string of the molecule is C1CCC(CNC2CCCSC2)OC1. The van der Waals surface area contributed by atoms with Gasteiger partial charge in [-0.3, -0.25) is 0 Å². The quantitative estimate of drug-likeness (QED) is 0.778. The number of hydrogen-bond acceptors (Lipinski definition) is 3. The molecule has 2 aliphatic rings. The van der Waals surface area contributed by atoms with Crippen molar-refractivity contribution in [3.05, 3.63) is 0 Å². The Morgan fingerprint density at radius 3 is 2.93 bits per heavy atom. The molecule has 0 bridgehead atoms. The van der Waals surface area contributed by atoms with Crippen molar-refractivity contribution in [3.8, 4) is 0 Å². The summed E-state index contributed by atoms with van der Waals surface area (Å²) in [4.78, 5) is 0. The molecular weight excluding hydrogens is 194 g/mol. The molecule has 0 aromatic heterocycles. The topological polar surface area (TPSA) is 21.3 Å². The molecule has 82 valence electrons. The molecule has 2 atom stereocenters. The van der Waals surface area contributed by atoms with Gasteiger partial charge in [-0.05, 0) is 37.9 Å². The van der Waals surface area contributed by atoms with Crippen LogP contribution < -0.4 is 5.32 Å². The van der Waals surface area contributed by atoms with E-state index >= 15 is 0 Å². The monoisotopic (exact) mass is 215 g/mol. The van der Waals surface area contributed by atoms with Crippen molar-refractivity contribution < 1.29 is 4.74 Å². The highest BCUT2D eigenvalue weighted by atomic mass is 32.2. The van der Waals surface area contributed by atoms with Crippen LogP contribution in [0.15, 0.2) is 0 Å². The zero-order valence-electron chi connectivity index (χ0n) is 8.84. The lowest BCUT2D eigenvalue weighted by atomic mass is 10.1. The number of ether oxygens (including phenoxy) is 1. The molecule has 0 aliphatic carbocycles. The fraction of sp³-hybridized carbons (Fsp3) is 1.00. The molecule has 2 rings (SSSR count). The van der Waals surface area contributed by atoms with Gasteiger partial charge in [-0.25, -0.2) is 0 Å². The summed E-state index contributed by atoms with van der Waals surface area (Å²) in [6, 6.07) is 0.749. The van der Waals surface area contributed by atoms with Crippen molar-refractivity contribution in [1.82, 2.24) is 5.32 Å². The summed E-state index contributed by atoms with van der Waals surface area (Å²) in [5.74, 6) is 2.66. The van der Waals surface area contributed by atoms with Crippen LogP contribution in [0.25, 0.3) is 0 Å². The van der Waals surface area contributed by atoms with E-state index in [1.165, 1.54) is 43.6 Å². The molecule has 0 amide bonds. The molecule has 2 nitrogen and oxygen atoms in total. The molecule has 0 aromatic carbocycles. The van der Waals surface area contributed by atoms with Gasteiger partial charge in [-0.2, -0.15) is 11.8 Å². The minimum Gasteiger partial charge on any atom is -0.377 e. The molecule has 1 N–H and O–H groups in total. The Morgan fingerprint density at radius 2 is 2.21 bits per heavy atom. The van der Waals surface area contributed by atoms with Crippen molar-refractivity contribution in [2.45, 2.75) is 44.2 Å². The van der Waals surface area contributed by atoms with Crippen molar-refractivity contribution in [1.29, 1.82) is 0 Å². The second-order valence-corrected chi connectivity index (χ2v) is 5.46. The van der Waals surface area contributed by atoms with E-state index in [1.54, 1.807) is 0 Å². The van der Waals surface area contributed by atoms with E-state index in [-0.39, 0.29) is 0 Å². The maximum Gasteiger partial charge on any atom is 0.0699 e. The first-order chi connectivity index (χ1) is 6.95. The third-order valence-electron chi connectivity index (χ3n) is 3.07. The van der Waals surface area contributed by atoms with Gasteiger partial charge in [-0.1, -0.05) is 0 Å².